The molecule has 1 fully saturated rings. The molecule has 168 valence electrons. The summed E-state index contributed by atoms with van der Waals surface area (Å²) >= 11 is 0. The fourth-order valence-electron chi connectivity index (χ4n) is 4.75. The summed E-state index contributed by atoms with van der Waals surface area (Å²) in [6, 6.07) is 15.6. The maximum atomic E-state index is 13.2. The molecule has 0 bridgehead atoms. The van der Waals surface area contributed by atoms with Crippen molar-refractivity contribution in [2.45, 2.75) is 50.0 Å². The lowest BCUT2D eigenvalue weighted by Crippen LogP contribution is -2.72. The van der Waals surface area contributed by atoms with E-state index in [4.69, 9.17) is 4.74 Å². The number of aliphatic carboxylic acids is 2. The van der Waals surface area contributed by atoms with E-state index in [2.05, 4.69) is 5.32 Å². The molecule has 2 aliphatic rings. The SMILES string of the molecule is CC1(N[C@@H](CCc2ccccc2)C(=O)O)C(=O)OC2c3ccccc3CC2N1CC(=O)O. The van der Waals surface area contributed by atoms with Crippen molar-refractivity contribution in [2.24, 2.45) is 0 Å². The van der Waals surface area contributed by atoms with E-state index in [1.807, 2.05) is 54.6 Å². The van der Waals surface area contributed by atoms with Gasteiger partial charge in [-0.2, -0.15) is 0 Å². The first-order valence-electron chi connectivity index (χ1n) is 10.6. The maximum Gasteiger partial charge on any atom is 0.342 e. The number of carbonyl (C=O) groups excluding carboxylic acids is 1. The smallest absolute Gasteiger partial charge is 0.342 e. The van der Waals surface area contributed by atoms with E-state index in [0.717, 1.165) is 16.7 Å². The monoisotopic (exact) mass is 438 g/mol. The number of hydrogen-bond donors (Lipinski definition) is 3. The van der Waals surface area contributed by atoms with Crippen molar-refractivity contribution in [3.05, 3.63) is 71.3 Å². The van der Waals surface area contributed by atoms with Gasteiger partial charge in [0.1, 0.15) is 12.1 Å². The van der Waals surface area contributed by atoms with Crippen LogP contribution in [0.5, 0.6) is 0 Å². The van der Waals surface area contributed by atoms with Crippen LogP contribution >= 0.6 is 0 Å². The van der Waals surface area contributed by atoms with Gasteiger partial charge in [-0.05, 0) is 42.9 Å². The second kappa shape index (κ2) is 8.72. The number of carbonyl (C=O) groups is 3. The van der Waals surface area contributed by atoms with E-state index >= 15 is 0 Å². The molecule has 4 atom stereocenters. The lowest BCUT2D eigenvalue weighted by atomic mass is 9.97. The van der Waals surface area contributed by atoms with Gasteiger partial charge in [0.25, 0.3) is 0 Å². The number of hydrogen-bond acceptors (Lipinski definition) is 6. The Morgan fingerprint density at radius 2 is 1.84 bits per heavy atom. The average molecular weight is 438 g/mol. The molecule has 1 heterocycles. The second-order valence-corrected chi connectivity index (χ2v) is 8.45. The Morgan fingerprint density at radius 3 is 2.53 bits per heavy atom. The zero-order chi connectivity index (χ0) is 22.9. The first kappa shape index (κ1) is 22.0. The highest BCUT2D eigenvalue weighted by molar-refractivity contribution is 5.84. The molecule has 8 nitrogen and oxygen atoms in total. The highest BCUT2D eigenvalue weighted by Crippen LogP contribution is 2.43. The van der Waals surface area contributed by atoms with Crippen molar-refractivity contribution in [3.8, 4) is 0 Å². The van der Waals surface area contributed by atoms with Crippen molar-refractivity contribution >= 4 is 17.9 Å². The molecule has 4 rings (SSSR count). The predicted octanol–water partition coefficient (Wildman–Crippen LogP) is 1.99. The van der Waals surface area contributed by atoms with E-state index in [-0.39, 0.29) is 6.42 Å². The zero-order valence-electron chi connectivity index (χ0n) is 17.7. The molecule has 8 heteroatoms. The van der Waals surface area contributed by atoms with Crippen molar-refractivity contribution in [1.82, 2.24) is 10.2 Å². The molecule has 1 aliphatic carbocycles. The lowest BCUT2D eigenvalue weighted by Gasteiger charge is -2.49. The highest BCUT2D eigenvalue weighted by atomic mass is 16.6. The molecule has 1 aliphatic heterocycles. The van der Waals surface area contributed by atoms with E-state index < -0.39 is 48.3 Å². The molecule has 0 saturated carbocycles. The third-order valence-corrected chi connectivity index (χ3v) is 6.37. The first-order valence-corrected chi connectivity index (χ1v) is 10.6. The number of esters is 1. The van der Waals surface area contributed by atoms with Gasteiger partial charge in [-0.15, -0.1) is 0 Å². The van der Waals surface area contributed by atoms with E-state index in [1.54, 1.807) is 4.90 Å². The number of fused-ring (bicyclic) bond motifs is 3. The lowest BCUT2D eigenvalue weighted by molar-refractivity contribution is -0.193. The number of carboxylic acid groups (broad SMARTS) is 2. The van der Waals surface area contributed by atoms with E-state index in [1.165, 1.54) is 6.92 Å². The summed E-state index contributed by atoms with van der Waals surface area (Å²) < 4.78 is 5.78. The Labute approximate surface area is 185 Å². The summed E-state index contributed by atoms with van der Waals surface area (Å²) in [5, 5.41) is 22.3. The molecule has 2 aromatic rings. The maximum absolute atomic E-state index is 13.2. The third kappa shape index (κ3) is 4.11. The minimum absolute atomic E-state index is 0.234. The van der Waals surface area contributed by atoms with Gasteiger partial charge in [-0.1, -0.05) is 54.6 Å². The minimum Gasteiger partial charge on any atom is -0.480 e. The number of benzene rings is 2. The summed E-state index contributed by atoms with van der Waals surface area (Å²) in [6.45, 7) is 1.09. The van der Waals surface area contributed by atoms with Crippen LogP contribution in [0.1, 0.15) is 36.1 Å². The molecule has 0 spiro atoms. The molecule has 32 heavy (non-hydrogen) atoms. The van der Waals surface area contributed by atoms with Crippen LogP contribution in [-0.4, -0.2) is 57.3 Å². The predicted molar refractivity (Wildman–Crippen MR) is 115 cm³/mol. The summed E-state index contributed by atoms with van der Waals surface area (Å²) in [4.78, 5) is 38.5. The molecule has 2 aromatic carbocycles. The van der Waals surface area contributed by atoms with E-state index in [9.17, 15) is 24.6 Å². The van der Waals surface area contributed by atoms with Crippen LogP contribution in [0.15, 0.2) is 54.6 Å². The van der Waals surface area contributed by atoms with Gasteiger partial charge < -0.3 is 14.9 Å². The molecule has 0 aromatic heterocycles. The van der Waals surface area contributed by atoms with Crippen molar-refractivity contribution in [2.75, 3.05) is 6.54 Å². The number of aryl methyl sites for hydroxylation is 1. The fourth-order valence-corrected chi connectivity index (χ4v) is 4.75. The largest absolute Gasteiger partial charge is 0.480 e. The topological polar surface area (TPSA) is 116 Å². The Kier molecular flexibility index (Phi) is 5.99. The number of ether oxygens (including phenoxy) is 1. The van der Waals surface area contributed by atoms with Gasteiger partial charge in [0.15, 0.2) is 5.66 Å². The van der Waals surface area contributed by atoms with Gasteiger partial charge in [0.2, 0.25) is 0 Å². The van der Waals surface area contributed by atoms with Crippen LogP contribution in [0, 0.1) is 0 Å². The number of nitrogens with zero attached hydrogens (tertiary/aromatic N) is 1. The summed E-state index contributed by atoms with van der Waals surface area (Å²) in [5.41, 5.74) is 1.24. The van der Waals surface area contributed by atoms with Gasteiger partial charge in [0.05, 0.1) is 12.6 Å². The highest BCUT2D eigenvalue weighted by Gasteiger charge is 2.56. The van der Waals surface area contributed by atoms with Gasteiger partial charge in [-0.3, -0.25) is 19.8 Å². The number of carboxylic acids is 2. The molecule has 3 N–H and O–H groups in total. The van der Waals surface area contributed by atoms with Crippen LogP contribution < -0.4 is 5.32 Å². The van der Waals surface area contributed by atoms with Gasteiger partial charge in [-0.25, -0.2) is 4.79 Å². The van der Waals surface area contributed by atoms with Crippen LogP contribution in [0.4, 0.5) is 0 Å². The number of rotatable bonds is 8. The molecule has 3 unspecified atom stereocenters. The quantitative estimate of drug-likeness (QED) is 0.536. The number of morpholine rings is 1. The summed E-state index contributed by atoms with van der Waals surface area (Å²) in [5.74, 6) is -2.89. The Balaban J connectivity index is 1.60. The van der Waals surface area contributed by atoms with Crippen LogP contribution in [-0.2, 0) is 32.0 Å². The van der Waals surface area contributed by atoms with Crippen molar-refractivity contribution in [3.63, 3.8) is 0 Å². The third-order valence-electron chi connectivity index (χ3n) is 6.37. The molecule has 1 saturated heterocycles. The second-order valence-electron chi connectivity index (χ2n) is 8.45. The van der Waals surface area contributed by atoms with Crippen LogP contribution in [0.2, 0.25) is 0 Å². The normalized spacial score (nSPS) is 25.5. The minimum atomic E-state index is -1.60. The van der Waals surface area contributed by atoms with Gasteiger partial charge >= 0.3 is 17.9 Å². The zero-order valence-corrected chi connectivity index (χ0v) is 17.7. The Bertz CT molecular complexity index is 1030. The Hall–Kier alpha value is -3.23. The average Bonchev–Trinajstić information content (AvgIpc) is 3.13. The van der Waals surface area contributed by atoms with E-state index in [0.29, 0.717) is 12.8 Å². The molecule has 0 radical (unpaired) electrons. The first-order chi connectivity index (χ1) is 15.3. The van der Waals surface area contributed by atoms with Gasteiger partial charge in [0, 0.05) is 0 Å². The van der Waals surface area contributed by atoms with Crippen LogP contribution in [0.25, 0.3) is 0 Å². The molecule has 0 amide bonds. The van der Waals surface area contributed by atoms with Crippen molar-refractivity contribution < 1.29 is 29.3 Å². The number of nitrogens with one attached hydrogen (secondary N) is 1. The molecular formula is C24H26N2O6. The Morgan fingerprint density at radius 1 is 1.16 bits per heavy atom. The van der Waals surface area contributed by atoms with Crippen LogP contribution in [0.3, 0.4) is 0 Å². The standard InChI is InChI=1S/C24H26N2O6/c1-24(25-18(22(29)30)12-11-15-7-3-2-4-8-15)23(31)32-21-17-10-6-5-9-16(17)13-19(21)26(24)14-20(27)28/h2-10,18-19,21,25H,11-14H2,1H3,(H,27,28)(H,29,30)/t18-,19?,21?,24?/m0/s1. The summed E-state index contributed by atoms with van der Waals surface area (Å²) in [6.07, 6.45) is 0.657. The van der Waals surface area contributed by atoms with Crippen molar-refractivity contribution in [1.29, 1.82) is 0 Å². The molecular weight excluding hydrogens is 412 g/mol. The fraction of sp³-hybridized carbons (Fsp3) is 0.375. The summed E-state index contributed by atoms with van der Waals surface area (Å²) in [7, 11) is 0.